The zero-order valence-corrected chi connectivity index (χ0v) is 11.2. The van der Waals surface area contributed by atoms with E-state index in [1.54, 1.807) is 0 Å². The van der Waals surface area contributed by atoms with Gasteiger partial charge < -0.3 is 5.73 Å². The Morgan fingerprint density at radius 3 is 1.87 bits per heavy atom. The number of primary amides is 1. The molecule has 0 aromatic heterocycles. The smallest absolute Gasteiger partial charge is 0.221 e. The highest BCUT2D eigenvalue weighted by atomic mass is 16.1. The molecule has 2 N–H and O–H groups in total. The molecule has 0 aliphatic carbocycles. The van der Waals surface area contributed by atoms with E-state index >= 15 is 0 Å². The normalized spacial score (nSPS) is 15.1. The van der Waals surface area contributed by atoms with Crippen molar-refractivity contribution in [2.45, 2.75) is 60.8 Å². The van der Waals surface area contributed by atoms with Crippen LogP contribution in [-0.2, 0) is 4.79 Å². The highest BCUT2D eigenvalue weighted by Crippen LogP contribution is 2.32. The molecule has 0 aliphatic heterocycles. The third-order valence-corrected chi connectivity index (χ3v) is 2.81. The zero-order valence-electron chi connectivity index (χ0n) is 11.2. The van der Waals surface area contributed by atoms with Crippen LogP contribution in [0.1, 0.15) is 60.8 Å². The molecule has 15 heavy (non-hydrogen) atoms. The van der Waals surface area contributed by atoms with Crippen LogP contribution in [0, 0.1) is 16.7 Å². The van der Waals surface area contributed by atoms with Crippen LogP contribution in [0.5, 0.6) is 0 Å². The predicted molar refractivity (Wildman–Crippen MR) is 65.4 cm³/mol. The number of hydrogen-bond donors (Lipinski definition) is 1. The number of rotatable bonds is 4. The topological polar surface area (TPSA) is 43.1 Å². The summed E-state index contributed by atoms with van der Waals surface area (Å²) < 4.78 is 0. The van der Waals surface area contributed by atoms with E-state index in [1.807, 2.05) is 0 Å². The van der Waals surface area contributed by atoms with E-state index in [2.05, 4.69) is 41.5 Å². The van der Waals surface area contributed by atoms with Crippen LogP contribution in [-0.4, -0.2) is 5.91 Å². The van der Waals surface area contributed by atoms with E-state index < -0.39 is 0 Å². The maximum Gasteiger partial charge on any atom is 0.221 e. The van der Waals surface area contributed by atoms with Crippen LogP contribution < -0.4 is 5.73 Å². The molecule has 0 aromatic rings. The molecular formula is C13H27NO. The quantitative estimate of drug-likeness (QED) is 0.764. The minimum atomic E-state index is -0.156. The van der Waals surface area contributed by atoms with Gasteiger partial charge in [0.15, 0.2) is 0 Å². The van der Waals surface area contributed by atoms with Crippen LogP contribution >= 0.6 is 0 Å². The Morgan fingerprint density at radius 1 is 1.13 bits per heavy atom. The molecule has 0 fully saturated rings. The molecule has 0 aromatic carbocycles. The van der Waals surface area contributed by atoms with E-state index in [1.165, 1.54) is 0 Å². The maximum absolute atomic E-state index is 11.3. The summed E-state index contributed by atoms with van der Waals surface area (Å²) in [6.45, 7) is 12.9. The van der Waals surface area contributed by atoms with Crippen molar-refractivity contribution in [2.24, 2.45) is 22.5 Å². The molecule has 0 spiro atoms. The number of hydrogen-bond acceptors (Lipinski definition) is 1. The zero-order chi connectivity index (χ0) is 12.3. The molecule has 0 bridgehead atoms. The molecule has 0 saturated heterocycles. The summed E-state index contributed by atoms with van der Waals surface area (Å²) in [5, 5.41) is 0. The van der Waals surface area contributed by atoms with Crippen molar-refractivity contribution in [3.05, 3.63) is 0 Å². The SMILES string of the molecule is CC(C)(C)CCC[C@@H](C(N)=O)C(C)(C)C. The second-order valence-corrected chi connectivity index (χ2v) is 6.77. The van der Waals surface area contributed by atoms with E-state index in [9.17, 15) is 4.79 Å². The second kappa shape index (κ2) is 5.00. The summed E-state index contributed by atoms with van der Waals surface area (Å²) >= 11 is 0. The van der Waals surface area contributed by atoms with E-state index in [4.69, 9.17) is 5.73 Å². The summed E-state index contributed by atoms with van der Waals surface area (Å²) in [7, 11) is 0. The van der Waals surface area contributed by atoms with Crippen LogP contribution in [0.15, 0.2) is 0 Å². The standard InChI is InChI=1S/C13H27NO/c1-12(2,3)9-7-8-10(11(14)15)13(4,5)6/h10H,7-9H2,1-6H3,(H2,14,15)/t10-/m0/s1. The lowest BCUT2D eigenvalue weighted by Crippen LogP contribution is -2.34. The lowest BCUT2D eigenvalue weighted by atomic mass is 9.76. The fraction of sp³-hybridized carbons (Fsp3) is 0.923. The first-order valence-electron chi connectivity index (χ1n) is 5.83. The number of carbonyl (C=O) groups excluding carboxylic acids is 1. The molecule has 0 heterocycles. The van der Waals surface area contributed by atoms with Gasteiger partial charge in [0, 0.05) is 5.92 Å². The minimum Gasteiger partial charge on any atom is -0.369 e. The Balaban J connectivity index is 4.17. The van der Waals surface area contributed by atoms with Gasteiger partial charge in [-0.1, -0.05) is 48.0 Å². The number of amides is 1. The Bertz CT molecular complexity index is 208. The Hall–Kier alpha value is -0.530. The molecule has 1 atom stereocenters. The van der Waals surface area contributed by atoms with E-state index in [0.717, 1.165) is 19.3 Å². The van der Waals surface area contributed by atoms with Gasteiger partial charge in [-0.3, -0.25) is 4.79 Å². The van der Waals surface area contributed by atoms with Gasteiger partial charge in [-0.05, 0) is 23.7 Å². The fourth-order valence-electron chi connectivity index (χ4n) is 1.84. The predicted octanol–water partition coefficient (Wildman–Crippen LogP) is 3.35. The van der Waals surface area contributed by atoms with Gasteiger partial charge >= 0.3 is 0 Å². The molecule has 0 unspecified atom stereocenters. The van der Waals surface area contributed by atoms with Crippen LogP contribution in [0.4, 0.5) is 0 Å². The molecular weight excluding hydrogens is 186 g/mol. The Kier molecular flexibility index (Phi) is 4.82. The third kappa shape index (κ3) is 6.53. The average Bonchev–Trinajstić information content (AvgIpc) is 1.92. The molecule has 1 amide bonds. The first-order valence-corrected chi connectivity index (χ1v) is 5.83. The van der Waals surface area contributed by atoms with E-state index in [-0.39, 0.29) is 17.2 Å². The summed E-state index contributed by atoms with van der Waals surface area (Å²) in [4.78, 5) is 11.3. The molecule has 0 saturated carbocycles. The first kappa shape index (κ1) is 14.5. The van der Waals surface area contributed by atoms with Crippen LogP contribution in [0.25, 0.3) is 0 Å². The van der Waals surface area contributed by atoms with Gasteiger partial charge in [0.1, 0.15) is 0 Å². The van der Waals surface area contributed by atoms with Gasteiger partial charge in [-0.25, -0.2) is 0 Å². The highest BCUT2D eigenvalue weighted by Gasteiger charge is 2.29. The second-order valence-electron chi connectivity index (χ2n) is 6.77. The largest absolute Gasteiger partial charge is 0.369 e. The van der Waals surface area contributed by atoms with Crippen molar-refractivity contribution in [3.8, 4) is 0 Å². The van der Waals surface area contributed by atoms with Crippen molar-refractivity contribution in [1.82, 2.24) is 0 Å². The van der Waals surface area contributed by atoms with Crippen molar-refractivity contribution in [3.63, 3.8) is 0 Å². The monoisotopic (exact) mass is 213 g/mol. The van der Waals surface area contributed by atoms with Gasteiger partial charge in [0.25, 0.3) is 0 Å². The molecule has 0 rings (SSSR count). The lowest BCUT2D eigenvalue weighted by molar-refractivity contribution is -0.125. The molecule has 90 valence electrons. The average molecular weight is 213 g/mol. The molecule has 2 nitrogen and oxygen atoms in total. The summed E-state index contributed by atoms with van der Waals surface area (Å²) in [6.07, 6.45) is 3.14. The molecule has 0 aliphatic rings. The lowest BCUT2D eigenvalue weighted by Gasteiger charge is -2.29. The third-order valence-electron chi connectivity index (χ3n) is 2.81. The van der Waals surface area contributed by atoms with Crippen molar-refractivity contribution in [2.75, 3.05) is 0 Å². The maximum atomic E-state index is 11.3. The van der Waals surface area contributed by atoms with Crippen molar-refractivity contribution >= 4 is 5.91 Å². The summed E-state index contributed by atoms with van der Waals surface area (Å²) in [6, 6.07) is 0. The first-order chi connectivity index (χ1) is 6.54. The highest BCUT2D eigenvalue weighted by molar-refractivity contribution is 5.77. The fourth-order valence-corrected chi connectivity index (χ4v) is 1.84. The van der Waals surface area contributed by atoms with Gasteiger partial charge in [0.2, 0.25) is 5.91 Å². The molecule has 2 heteroatoms. The number of nitrogens with two attached hydrogens (primary N) is 1. The van der Waals surface area contributed by atoms with Gasteiger partial charge in [0.05, 0.1) is 0 Å². The summed E-state index contributed by atoms with van der Waals surface area (Å²) in [5.41, 5.74) is 5.77. The van der Waals surface area contributed by atoms with Gasteiger partial charge in [-0.15, -0.1) is 0 Å². The Labute approximate surface area is 94.6 Å². The summed E-state index contributed by atoms with van der Waals surface area (Å²) in [5.74, 6) is -0.156. The van der Waals surface area contributed by atoms with Gasteiger partial charge in [-0.2, -0.15) is 0 Å². The number of carbonyl (C=O) groups is 1. The van der Waals surface area contributed by atoms with Crippen molar-refractivity contribution < 1.29 is 4.79 Å². The minimum absolute atomic E-state index is 0.000139. The van der Waals surface area contributed by atoms with Crippen LogP contribution in [0.2, 0.25) is 0 Å². The van der Waals surface area contributed by atoms with E-state index in [0.29, 0.717) is 5.41 Å². The molecule has 0 radical (unpaired) electrons. The van der Waals surface area contributed by atoms with Crippen LogP contribution in [0.3, 0.4) is 0 Å². The Morgan fingerprint density at radius 2 is 1.60 bits per heavy atom. The van der Waals surface area contributed by atoms with Crippen molar-refractivity contribution in [1.29, 1.82) is 0 Å².